The molecule has 1 saturated heterocycles. The van der Waals surface area contributed by atoms with Gasteiger partial charge in [0.05, 0.1) is 17.0 Å². The van der Waals surface area contributed by atoms with Crippen LogP contribution in [-0.4, -0.2) is 44.9 Å². The number of likely N-dealkylation sites (tertiary alicyclic amines) is 1. The number of nitro groups is 1. The van der Waals surface area contributed by atoms with Gasteiger partial charge in [0, 0.05) is 19.2 Å². The van der Waals surface area contributed by atoms with Crippen LogP contribution in [0.4, 0.5) is 5.69 Å². The first-order valence-corrected chi connectivity index (χ1v) is 5.75. The third-order valence-corrected chi connectivity index (χ3v) is 3.33. The fourth-order valence-electron chi connectivity index (χ4n) is 2.24. The van der Waals surface area contributed by atoms with Crippen molar-refractivity contribution in [3.8, 4) is 0 Å². The molecule has 2 atom stereocenters. The topological polar surface area (TPSA) is 117 Å². The van der Waals surface area contributed by atoms with Gasteiger partial charge in [-0.15, -0.1) is 0 Å². The standard InChI is InChI=1S/C11H13N3O5/c1-6-4-13(5-8(6)11(16)17)10(15)9-2-7(3-12-9)14(18)19/h2-3,6,8,12H,4-5H2,1H3,(H,16,17)/t6-,8-/m1/s1. The lowest BCUT2D eigenvalue weighted by atomic mass is 9.99. The van der Waals surface area contributed by atoms with Gasteiger partial charge < -0.3 is 15.0 Å². The summed E-state index contributed by atoms with van der Waals surface area (Å²) in [7, 11) is 0. The Balaban J connectivity index is 2.12. The second kappa shape index (κ2) is 4.71. The van der Waals surface area contributed by atoms with Gasteiger partial charge in [-0.25, -0.2) is 0 Å². The van der Waals surface area contributed by atoms with Crippen LogP contribution >= 0.6 is 0 Å². The van der Waals surface area contributed by atoms with Crippen molar-refractivity contribution in [2.75, 3.05) is 13.1 Å². The average molecular weight is 267 g/mol. The molecule has 0 aromatic carbocycles. The van der Waals surface area contributed by atoms with Crippen molar-refractivity contribution < 1.29 is 19.6 Å². The normalized spacial score (nSPS) is 22.5. The van der Waals surface area contributed by atoms with E-state index in [1.165, 1.54) is 4.90 Å². The van der Waals surface area contributed by atoms with E-state index in [0.29, 0.717) is 6.54 Å². The Labute approximate surface area is 108 Å². The van der Waals surface area contributed by atoms with Gasteiger partial charge in [0.15, 0.2) is 0 Å². The van der Waals surface area contributed by atoms with Crippen LogP contribution in [0.2, 0.25) is 0 Å². The molecule has 19 heavy (non-hydrogen) atoms. The van der Waals surface area contributed by atoms with Crippen molar-refractivity contribution in [3.05, 3.63) is 28.1 Å². The molecule has 0 unspecified atom stereocenters. The predicted octanol–water partition coefficient (Wildman–Crippen LogP) is 0.716. The number of hydrogen-bond acceptors (Lipinski definition) is 4. The van der Waals surface area contributed by atoms with Crippen LogP contribution < -0.4 is 0 Å². The Morgan fingerprint density at radius 2 is 2.21 bits per heavy atom. The molecule has 0 spiro atoms. The van der Waals surface area contributed by atoms with Crippen LogP contribution in [0.3, 0.4) is 0 Å². The van der Waals surface area contributed by atoms with E-state index in [0.717, 1.165) is 12.3 Å². The van der Waals surface area contributed by atoms with Crippen LogP contribution in [0.15, 0.2) is 12.3 Å². The molecule has 0 radical (unpaired) electrons. The number of aliphatic carboxylic acids is 1. The van der Waals surface area contributed by atoms with Gasteiger partial charge in [-0.3, -0.25) is 19.7 Å². The molecular formula is C11H13N3O5. The largest absolute Gasteiger partial charge is 0.481 e. The Morgan fingerprint density at radius 1 is 1.53 bits per heavy atom. The second-order valence-corrected chi connectivity index (χ2v) is 4.66. The lowest BCUT2D eigenvalue weighted by molar-refractivity contribution is -0.384. The van der Waals surface area contributed by atoms with Gasteiger partial charge in [0.1, 0.15) is 5.69 Å². The highest BCUT2D eigenvalue weighted by Crippen LogP contribution is 2.25. The van der Waals surface area contributed by atoms with E-state index in [4.69, 9.17) is 5.11 Å². The summed E-state index contributed by atoms with van der Waals surface area (Å²) in [4.78, 5) is 36.9. The van der Waals surface area contributed by atoms with Crippen LogP contribution in [0.1, 0.15) is 17.4 Å². The Bertz CT molecular complexity index is 538. The summed E-state index contributed by atoms with van der Waals surface area (Å²) in [6.45, 7) is 2.23. The van der Waals surface area contributed by atoms with Crippen molar-refractivity contribution in [2.24, 2.45) is 11.8 Å². The summed E-state index contributed by atoms with van der Waals surface area (Å²) in [6, 6.07) is 1.15. The van der Waals surface area contributed by atoms with E-state index < -0.39 is 22.7 Å². The summed E-state index contributed by atoms with van der Waals surface area (Å²) < 4.78 is 0. The van der Waals surface area contributed by atoms with E-state index in [1.807, 2.05) is 0 Å². The minimum absolute atomic E-state index is 0.102. The molecule has 2 rings (SSSR count). The maximum absolute atomic E-state index is 12.1. The van der Waals surface area contributed by atoms with E-state index in [-0.39, 0.29) is 23.8 Å². The molecule has 2 N–H and O–H groups in total. The van der Waals surface area contributed by atoms with Gasteiger partial charge in [0.25, 0.3) is 11.6 Å². The zero-order valence-corrected chi connectivity index (χ0v) is 10.2. The number of carboxylic acid groups (broad SMARTS) is 1. The fraction of sp³-hybridized carbons (Fsp3) is 0.455. The molecule has 0 aliphatic carbocycles. The highest BCUT2D eigenvalue weighted by atomic mass is 16.6. The summed E-state index contributed by atoms with van der Waals surface area (Å²) in [6.07, 6.45) is 1.14. The molecule has 1 aliphatic heterocycles. The molecular weight excluding hydrogens is 254 g/mol. The van der Waals surface area contributed by atoms with Gasteiger partial charge >= 0.3 is 5.97 Å². The monoisotopic (exact) mass is 267 g/mol. The SMILES string of the molecule is C[C@@H]1CN(C(=O)c2cc([N+](=O)[O-])c[nH]2)C[C@H]1C(=O)O. The lowest BCUT2D eigenvalue weighted by Gasteiger charge is -2.14. The maximum atomic E-state index is 12.1. The molecule has 0 saturated carbocycles. The van der Waals surface area contributed by atoms with Crippen molar-refractivity contribution in [1.82, 2.24) is 9.88 Å². The zero-order chi connectivity index (χ0) is 14.2. The van der Waals surface area contributed by atoms with E-state index in [1.54, 1.807) is 6.92 Å². The summed E-state index contributed by atoms with van der Waals surface area (Å²) in [5, 5.41) is 19.5. The summed E-state index contributed by atoms with van der Waals surface area (Å²) in [5.74, 6) is -2.07. The Kier molecular flexibility index (Phi) is 3.24. The molecule has 1 aliphatic rings. The van der Waals surface area contributed by atoms with Crippen LogP contribution in [-0.2, 0) is 4.79 Å². The molecule has 102 valence electrons. The number of carbonyl (C=O) groups is 2. The maximum Gasteiger partial charge on any atom is 0.308 e. The average Bonchev–Trinajstić information content (AvgIpc) is 2.94. The molecule has 8 heteroatoms. The summed E-state index contributed by atoms with van der Waals surface area (Å²) >= 11 is 0. The van der Waals surface area contributed by atoms with E-state index >= 15 is 0 Å². The first-order chi connectivity index (χ1) is 8.90. The van der Waals surface area contributed by atoms with Gasteiger partial charge in [-0.1, -0.05) is 6.92 Å². The van der Waals surface area contributed by atoms with Crippen LogP contribution in [0.5, 0.6) is 0 Å². The van der Waals surface area contributed by atoms with Crippen LogP contribution in [0, 0.1) is 22.0 Å². The predicted molar refractivity (Wildman–Crippen MR) is 63.6 cm³/mol. The molecule has 1 fully saturated rings. The van der Waals surface area contributed by atoms with Crippen molar-refractivity contribution in [1.29, 1.82) is 0 Å². The zero-order valence-electron chi connectivity index (χ0n) is 10.2. The minimum atomic E-state index is -0.930. The van der Waals surface area contributed by atoms with Crippen molar-refractivity contribution in [3.63, 3.8) is 0 Å². The number of aromatic nitrogens is 1. The highest BCUT2D eigenvalue weighted by molar-refractivity contribution is 5.93. The minimum Gasteiger partial charge on any atom is -0.481 e. The molecule has 1 aromatic rings. The first kappa shape index (κ1) is 13.1. The van der Waals surface area contributed by atoms with Crippen molar-refractivity contribution in [2.45, 2.75) is 6.92 Å². The second-order valence-electron chi connectivity index (χ2n) is 4.66. The fourth-order valence-corrected chi connectivity index (χ4v) is 2.24. The number of carbonyl (C=O) groups excluding carboxylic acids is 1. The van der Waals surface area contributed by atoms with E-state index in [9.17, 15) is 19.7 Å². The number of rotatable bonds is 3. The Morgan fingerprint density at radius 3 is 2.68 bits per heavy atom. The number of nitrogens with zero attached hydrogens (tertiary/aromatic N) is 2. The van der Waals surface area contributed by atoms with Crippen molar-refractivity contribution >= 4 is 17.6 Å². The molecule has 8 nitrogen and oxygen atoms in total. The number of hydrogen-bond donors (Lipinski definition) is 2. The number of nitrogens with one attached hydrogen (secondary N) is 1. The quantitative estimate of drug-likeness (QED) is 0.618. The highest BCUT2D eigenvalue weighted by Gasteiger charge is 2.37. The van der Waals surface area contributed by atoms with Gasteiger partial charge in [-0.05, 0) is 5.92 Å². The lowest BCUT2D eigenvalue weighted by Crippen LogP contribution is -2.30. The van der Waals surface area contributed by atoms with Gasteiger partial charge in [-0.2, -0.15) is 0 Å². The first-order valence-electron chi connectivity index (χ1n) is 5.75. The third-order valence-electron chi connectivity index (χ3n) is 3.33. The molecule has 0 bridgehead atoms. The summed E-state index contributed by atoms with van der Waals surface area (Å²) in [5.41, 5.74) is -0.0877. The molecule has 1 amide bonds. The molecule has 1 aromatic heterocycles. The van der Waals surface area contributed by atoms with Gasteiger partial charge in [0.2, 0.25) is 0 Å². The smallest absolute Gasteiger partial charge is 0.308 e. The Hall–Kier alpha value is -2.38. The third kappa shape index (κ3) is 2.42. The van der Waals surface area contributed by atoms with Crippen LogP contribution in [0.25, 0.3) is 0 Å². The molecule has 2 heterocycles. The van der Waals surface area contributed by atoms with E-state index in [2.05, 4.69) is 4.98 Å². The number of carboxylic acids is 1. The number of amides is 1. The number of H-pyrrole nitrogens is 1. The number of aromatic amines is 1.